The number of hydrogen-bond acceptors (Lipinski definition) is 11. The summed E-state index contributed by atoms with van der Waals surface area (Å²) in [6.07, 6.45) is 0. The van der Waals surface area contributed by atoms with Crippen molar-refractivity contribution in [3.8, 4) is 0 Å². The van der Waals surface area contributed by atoms with Gasteiger partial charge in [-0.1, -0.05) is 0 Å². The zero-order chi connectivity index (χ0) is 20.7. The Morgan fingerprint density at radius 2 is 1.07 bits per heavy atom. The number of nitrogens with zero attached hydrogens (tertiary/aromatic N) is 6. The first kappa shape index (κ1) is 17.7. The van der Waals surface area contributed by atoms with E-state index in [9.17, 15) is 20.2 Å². The second-order valence-electron chi connectivity index (χ2n) is 5.90. The number of anilines is 4. The van der Waals surface area contributed by atoms with Crippen molar-refractivity contribution >= 4 is 34.4 Å². The molecule has 0 saturated heterocycles. The van der Waals surface area contributed by atoms with Crippen LogP contribution < -0.4 is 21.3 Å². The molecule has 0 unspecified atom stereocenters. The SMILES string of the molecule is NC1=C(N)N(c2ccc([N+](=O)[O-])cc2)c2nonc2N1c1ccc([N+](=O)[O-])cc1. The fourth-order valence-electron chi connectivity index (χ4n) is 2.89. The van der Waals surface area contributed by atoms with Crippen molar-refractivity contribution in [3.63, 3.8) is 0 Å². The minimum absolute atomic E-state index is 0.0698. The molecule has 0 atom stereocenters. The summed E-state index contributed by atoms with van der Waals surface area (Å²) in [6.45, 7) is 0. The van der Waals surface area contributed by atoms with E-state index in [2.05, 4.69) is 10.3 Å². The minimum atomic E-state index is -0.521. The molecule has 0 amide bonds. The maximum Gasteiger partial charge on any atom is 0.269 e. The van der Waals surface area contributed by atoms with Gasteiger partial charge < -0.3 is 11.5 Å². The summed E-state index contributed by atoms with van der Waals surface area (Å²) in [4.78, 5) is 23.6. The first-order valence-corrected chi connectivity index (χ1v) is 8.05. The standard InChI is InChI=1S/C16H12N8O5/c17-13-14(18)22(10-3-7-12(8-4-10)24(27)28)16-15(19-29-20-16)21(13)9-1-5-11(6-2-9)23(25)26/h1-8H,17-18H2. The van der Waals surface area contributed by atoms with Crippen LogP contribution in [-0.4, -0.2) is 20.2 Å². The number of nitro benzene ring substituents is 2. The molecule has 4 N–H and O–H groups in total. The van der Waals surface area contributed by atoms with Crippen molar-refractivity contribution in [2.45, 2.75) is 0 Å². The molecule has 13 heteroatoms. The normalized spacial score (nSPS) is 13.4. The second kappa shape index (κ2) is 6.49. The van der Waals surface area contributed by atoms with E-state index in [0.29, 0.717) is 11.4 Å². The average Bonchev–Trinajstić information content (AvgIpc) is 3.18. The highest BCUT2D eigenvalue weighted by atomic mass is 16.6. The zero-order valence-corrected chi connectivity index (χ0v) is 14.5. The molecule has 1 aliphatic rings. The second-order valence-corrected chi connectivity index (χ2v) is 5.90. The van der Waals surface area contributed by atoms with Crippen molar-refractivity contribution in [1.29, 1.82) is 0 Å². The lowest BCUT2D eigenvalue weighted by Gasteiger charge is -2.34. The molecule has 0 fully saturated rings. The number of fused-ring (bicyclic) bond motifs is 1. The van der Waals surface area contributed by atoms with Crippen molar-refractivity contribution in [2.75, 3.05) is 9.80 Å². The molecule has 0 bridgehead atoms. The van der Waals surface area contributed by atoms with Crippen molar-refractivity contribution in [1.82, 2.24) is 10.3 Å². The van der Waals surface area contributed by atoms with E-state index in [0.717, 1.165) is 0 Å². The molecule has 146 valence electrons. The summed E-state index contributed by atoms with van der Waals surface area (Å²) in [5, 5.41) is 29.5. The number of nitro groups is 2. The van der Waals surface area contributed by atoms with Gasteiger partial charge in [0.1, 0.15) is 0 Å². The minimum Gasteiger partial charge on any atom is -0.382 e. The Labute approximate surface area is 161 Å². The van der Waals surface area contributed by atoms with Crippen LogP contribution in [0, 0.1) is 20.2 Å². The van der Waals surface area contributed by atoms with Gasteiger partial charge in [0, 0.05) is 35.6 Å². The molecule has 3 aromatic rings. The third-order valence-electron chi connectivity index (χ3n) is 4.26. The Kier molecular flexibility index (Phi) is 3.96. The molecular formula is C16H12N8O5. The molecule has 4 rings (SSSR count). The van der Waals surface area contributed by atoms with Crippen molar-refractivity contribution < 1.29 is 14.5 Å². The van der Waals surface area contributed by atoms with Crippen molar-refractivity contribution in [2.24, 2.45) is 11.5 Å². The molecule has 13 nitrogen and oxygen atoms in total. The van der Waals surface area contributed by atoms with Crippen molar-refractivity contribution in [3.05, 3.63) is 80.4 Å². The van der Waals surface area contributed by atoms with Gasteiger partial charge in [0.15, 0.2) is 11.6 Å². The third-order valence-corrected chi connectivity index (χ3v) is 4.26. The molecule has 2 heterocycles. The van der Waals surface area contributed by atoms with E-state index in [-0.39, 0.29) is 34.7 Å². The molecule has 1 aromatic heterocycles. The first-order valence-electron chi connectivity index (χ1n) is 8.05. The number of benzene rings is 2. The maximum absolute atomic E-state index is 10.9. The summed E-state index contributed by atoms with van der Waals surface area (Å²) in [5.41, 5.74) is 13.2. The van der Waals surface area contributed by atoms with E-state index in [1.54, 1.807) is 0 Å². The van der Waals surface area contributed by atoms with Crippen LogP contribution in [0.15, 0.2) is 64.8 Å². The van der Waals surface area contributed by atoms with Crippen LogP contribution in [0.5, 0.6) is 0 Å². The molecule has 0 spiro atoms. The molecular weight excluding hydrogens is 384 g/mol. The average molecular weight is 396 g/mol. The van der Waals surface area contributed by atoms with Crippen LogP contribution in [0.3, 0.4) is 0 Å². The van der Waals surface area contributed by atoms with E-state index in [4.69, 9.17) is 16.1 Å². The Hall–Kier alpha value is -4.68. The molecule has 0 saturated carbocycles. The highest BCUT2D eigenvalue weighted by molar-refractivity contribution is 5.84. The largest absolute Gasteiger partial charge is 0.382 e. The molecule has 0 radical (unpaired) electrons. The Morgan fingerprint density at radius 3 is 1.38 bits per heavy atom. The summed E-state index contributed by atoms with van der Waals surface area (Å²) in [5.74, 6) is 0.536. The van der Waals surface area contributed by atoms with Gasteiger partial charge in [0.2, 0.25) is 11.6 Å². The number of aromatic nitrogens is 2. The lowest BCUT2D eigenvalue weighted by atomic mass is 10.2. The molecule has 1 aliphatic heterocycles. The van der Waals surface area contributed by atoms with Gasteiger partial charge in [-0.25, -0.2) is 4.63 Å². The summed E-state index contributed by atoms with van der Waals surface area (Å²) in [7, 11) is 0. The number of hydrogen-bond donors (Lipinski definition) is 2. The van der Waals surface area contributed by atoms with Crippen LogP contribution in [-0.2, 0) is 0 Å². The topological polar surface area (TPSA) is 184 Å². The number of rotatable bonds is 4. The summed E-state index contributed by atoms with van der Waals surface area (Å²) >= 11 is 0. The monoisotopic (exact) mass is 396 g/mol. The van der Waals surface area contributed by atoms with Gasteiger partial charge in [-0.15, -0.1) is 0 Å². The smallest absolute Gasteiger partial charge is 0.269 e. The lowest BCUT2D eigenvalue weighted by Crippen LogP contribution is -2.38. The Balaban J connectivity index is 1.79. The zero-order valence-electron chi connectivity index (χ0n) is 14.5. The van der Waals surface area contributed by atoms with E-state index >= 15 is 0 Å². The van der Waals surface area contributed by atoms with Gasteiger partial charge in [0.25, 0.3) is 11.4 Å². The Bertz CT molecular complexity index is 1050. The summed E-state index contributed by atoms with van der Waals surface area (Å²) < 4.78 is 4.85. The molecule has 0 aliphatic carbocycles. The van der Waals surface area contributed by atoms with Crippen LogP contribution in [0.4, 0.5) is 34.4 Å². The van der Waals surface area contributed by atoms with Gasteiger partial charge >= 0.3 is 0 Å². The fraction of sp³-hybridized carbons (Fsp3) is 0. The summed E-state index contributed by atoms with van der Waals surface area (Å²) in [6, 6.07) is 11.2. The number of nitrogens with two attached hydrogens (primary N) is 2. The highest BCUT2D eigenvalue weighted by Crippen LogP contribution is 2.42. The first-order chi connectivity index (χ1) is 13.9. The van der Waals surface area contributed by atoms with Crippen LogP contribution in [0.1, 0.15) is 0 Å². The van der Waals surface area contributed by atoms with E-state index in [1.807, 2.05) is 0 Å². The van der Waals surface area contributed by atoms with E-state index < -0.39 is 9.85 Å². The lowest BCUT2D eigenvalue weighted by molar-refractivity contribution is -0.385. The predicted molar refractivity (Wildman–Crippen MR) is 100 cm³/mol. The predicted octanol–water partition coefficient (Wildman–Crippen LogP) is 2.22. The van der Waals surface area contributed by atoms with Gasteiger partial charge in [-0.2, -0.15) is 0 Å². The fourth-order valence-corrected chi connectivity index (χ4v) is 2.89. The van der Waals surface area contributed by atoms with Gasteiger partial charge in [0.05, 0.1) is 9.85 Å². The maximum atomic E-state index is 10.9. The third kappa shape index (κ3) is 2.82. The van der Waals surface area contributed by atoms with Crippen LogP contribution in [0.25, 0.3) is 0 Å². The van der Waals surface area contributed by atoms with Gasteiger partial charge in [-0.3, -0.25) is 30.0 Å². The van der Waals surface area contributed by atoms with Crippen LogP contribution in [0.2, 0.25) is 0 Å². The van der Waals surface area contributed by atoms with Crippen LogP contribution >= 0.6 is 0 Å². The number of non-ortho nitro benzene ring substituents is 2. The molecule has 2 aromatic carbocycles. The highest BCUT2D eigenvalue weighted by Gasteiger charge is 2.35. The quantitative estimate of drug-likeness (QED) is 0.486. The molecule has 29 heavy (non-hydrogen) atoms. The van der Waals surface area contributed by atoms with E-state index in [1.165, 1.54) is 58.3 Å². The van der Waals surface area contributed by atoms with Gasteiger partial charge in [-0.05, 0) is 34.6 Å². The Morgan fingerprint density at radius 1 is 0.724 bits per heavy atom.